The predicted octanol–water partition coefficient (Wildman–Crippen LogP) is 2.39. The van der Waals surface area contributed by atoms with Crippen LogP contribution in [0.4, 0.5) is 0 Å². The van der Waals surface area contributed by atoms with Gasteiger partial charge in [0.25, 0.3) is 0 Å². The summed E-state index contributed by atoms with van der Waals surface area (Å²) in [6.07, 6.45) is 2.85. The van der Waals surface area contributed by atoms with Crippen molar-refractivity contribution in [3.63, 3.8) is 0 Å². The lowest BCUT2D eigenvalue weighted by Crippen LogP contribution is -1.57. The van der Waals surface area contributed by atoms with Crippen molar-refractivity contribution in [1.29, 1.82) is 0 Å². The normalized spacial score (nSPS) is 7.29. The fraction of sp³-hybridized carbons (Fsp3) is 0.500. The molecule has 0 heterocycles. The van der Waals surface area contributed by atoms with Gasteiger partial charge >= 0.3 is 0 Å². The van der Waals surface area contributed by atoms with Gasteiger partial charge in [-0.05, 0) is 19.4 Å². The SMILES string of the molecule is CC=C=C(S)CC. The predicted molar refractivity (Wildman–Crippen MR) is 36.5 cm³/mol. The Hall–Kier alpha value is -0.130. The second-order valence-electron chi connectivity index (χ2n) is 1.23. The molecule has 0 amide bonds. The summed E-state index contributed by atoms with van der Waals surface area (Å²) in [5.74, 6) is 0. The lowest BCUT2D eigenvalue weighted by atomic mass is 10.4. The smallest absolute Gasteiger partial charge is 0.0229 e. The average molecular weight is 114 g/mol. The van der Waals surface area contributed by atoms with Crippen LogP contribution >= 0.6 is 12.6 Å². The maximum atomic E-state index is 4.08. The molecule has 0 saturated heterocycles. The van der Waals surface area contributed by atoms with Gasteiger partial charge in [-0.15, -0.1) is 18.4 Å². The highest BCUT2D eigenvalue weighted by molar-refractivity contribution is 7.84. The van der Waals surface area contributed by atoms with Crippen molar-refractivity contribution >= 4 is 12.6 Å². The fourth-order valence-electron chi connectivity index (χ4n) is 0.269. The molecule has 0 rings (SSSR count). The maximum Gasteiger partial charge on any atom is 0.0229 e. The highest BCUT2D eigenvalue weighted by Crippen LogP contribution is 2.00. The number of hydrogen-bond donors (Lipinski definition) is 1. The van der Waals surface area contributed by atoms with Gasteiger partial charge in [0.05, 0.1) is 0 Å². The molecule has 0 aromatic carbocycles. The third-order valence-electron chi connectivity index (χ3n) is 0.646. The molecule has 0 N–H and O–H groups in total. The minimum absolute atomic E-state index is 0.980. The van der Waals surface area contributed by atoms with E-state index in [0.717, 1.165) is 11.3 Å². The molecule has 0 aliphatic carbocycles. The lowest BCUT2D eigenvalue weighted by Gasteiger charge is -1.80. The van der Waals surface area contributed by atoms with E-state index in [0.29, 0.717) is 0 Å². The number of hydrogen-bond acceptors (Lipinski definition) is 1. The summed E-state index contributed by atoms with van der Waals surface area (Å²) in [4.78, 5) is 1.02. The Morgan fingerprint density at radius 3 is 2.57 bits per heavy atom. The van der Waals surface area contributed by atoms with Gasteiger partial charge in [-0.25, -0.2) is 0 Å². The molecule has 0 aromatic heterocycles. The molecular weight excluding hydrogens is 104 g/mol. The van der Waals surface area contributed by atoms with Gasteiger partial charge < -0.3 is 0 Å². The maximum absolute atomic E-state index is 4.08. The number of thiol groups is 1. The second kappa shape index (κ2) is 4.04. The van der Waals surface area contributed by atoms with Crippen LogP contribution in [0.2, 0.25) is 0 Å². The molecule has 0 radical (unpaired) electrons. The monoisotopic (exact) mass is 114 g/mol. The van der Waals surface area contributed by atoms with Crippen molar-refractivity contribution in [2.24, 2.45) is 0 Å². The third kappa shape index (κ3) is 3.71. The first-order valence-electron chi connectivity index (χ1n) is 2.40. The minimum atomic E-state index is 0.980. The van der Waals surface area contributed by atoms with Gasteiger partial charge in [-0.2, -0.15) is 0 Å². The van der Waals surface area contributed by atoms with Gasteiger partial charge in [0, 0.05) is 4.91 Å². The average Bonchev–Trinajstić information content (AvgIpc) is 1.68. The van der Waals surface area contributed by atoms with E-state index in [1.807, 2.05) is 13.0 Å². The molecule has 0 aromatic rings. The Morgan fingerprint density at radius 1 is 1.86 bits per heavy atom. The van der Waals surface area contributed by atoms with Gasteiger partial charge in [0.1, 0.15) is 0 Å². The van der Waals surface area contributed by atoms with E-state index >= 15 is 0 Å². The Labute approximate surface area is 50.3 Å². The summed E-state index contributed by atoms with van der Waals surface area (Å²) >= 11 is 4.08. The van der Waals surface area contributed by atoms with Crippen LogP contribution in [0, 0.1) is 0 Å². The zero-order chi connectivity index (χ0) is 5.70. The van der Waals surface area contributed by atoms with E-state index in [1.165, 1.54) is 0 Å². The molecule has 0 aliphatic rings. The Bertz CT molecular complexity index is 96.7. The summed E-state index contributed by atoms with van der Waals surface area (Å²) in [6.45, 7) is 3.99. The van der Waals surface area contributed by atoms with E-state index in [9.17, 15) is 0 Å². The van der Waals surface area contributed by atoms with Gasteiger partial charge in [0.15, 0.2) is 0 Å². The van der Waals surface area contributed by atoms with Crippen LogP contribution < -0.4 is 0 Å². The first-order valence-corrected chi connectivity index (χ1v) is 2.85. The van der Waals surface area contributed by atoms with Crippen molar-refractivity contribution in [2.75, 3.05) is 0 Å². The highest BCUT2D eigenvalue weighted by Gasteiger charge is 1.74. The molecule has 0 atom stereocenters. The van der Waals surface area contributed by atoms with Crippen LogP contribution in [0.5, 0.6) is 0 Å². The first-order chi connectivity index (χ1) is 3.31. The van der Waals surface area contributed by atoms with Crippen LogP contribution in [0.3, 0.4) is 0 Å². The second-order valence-corrected chi connectivity index (χ2v) is 1.77. The lowest BCUT2D eigenvalue weighted by molar-refractivity contribution is 1.21. The molecule has 7 heavy (non-hydrogen) atoms. The fourth-order valence-corrected chi connectivity index (χ4v) is 0.398. The van der Waals surface area contributed by atoms with Gasteiger partial charge in [0.2, 0.25) is 0 Å². The Balaban J connectivity index is 3.74. The van der Waals surface area contributed by atoms with Crippen LogP contribution in [0.15, 0.2) is 16.7 Å². The molecule has 1 heteroatoms. The zero-order valence-corrected chi connectivity index (χ0v) is 5.63. The van der Waals surface area contributed by atoms with Gasteiger partial charge in [-0.3, -0.25) is 0 Å². The summed E-state index contributed by atoms with van der Waals surface area (Å²) in [5.41, 5.74) is 2.95. The zero-order valence-electron chi connectivity index (χ0n) is 4.73. The third-order valence-corrected chi connectivity index (χ3v) is 1.09. The topological polar surface area (TPSA) is 0 Å². The highest BCUT2D eigenvalue weighted by atomic mass is 32.1. The molecule has 0 unspecified atom stereocenters. The largest absolute Gasteiger partial charge is 0.140 e. The Morgan fingerprint density at radius 2 is 2.43 bits per heavy atom. The first kappa shape index (κ1) is 6.87. The van der Waals surface area contributed by atoms with E-state index in [2.05, 4.69) is 25.3 Å². The molecule has 0 nitrogen and oxygen atoms in total. The van der Waals surface area contributed by atoms with E-state index in [-0.39, 0.29) is 0 Å². The van der Waals surface area contributed by atoms with Crippen molar-refractivity contribution < 1.29 is 0 Å². The minimum Gasteiger partial charge on any atom is -0.140 e. The molecule has 40 valence electrons. The quantitative estimate of drug-likeness (QED) is 0.392. The standard InChI is InChI=1S/C6H10S/c1-3-5-6(7)4-2/h3,7H,4H2,1-2H3. The molecular formula is C6H10S. The van der Waals surface area contributed by atoms with Gasteiger partial charge in [-0.1, -0.05) is 6.92 Å². The molecule has 0 saturated carbocycles. The summed E-state index contributed by atoms with van der Waals surface area (Å²) in [7, 11) is 0. The molecule has 0 fully saturated rings. The summed E-state index contributed by atoms with van der Waals surface area (Å²) < 4.78 is 0. The summed E-state index contributed by atoms with van der Waals surface area (Å²) in [6, 6.07) is 0. The van der Waals surface area contributed by atoms with Crippen LogP contribution in [-0.2, 0) is 0 Å². The van der Waals surface area contributed by atoms with Crippen molar-refractivity contribution in [1.82, 2.24) is 0 Å². The van der Waals surface area contributed by atoms with Crippen molar-refractivity contribution in [3.05, 3.63) is 16.7 Å². The molecule has 0 bridgehead atoms. The number of allylic oxidation sites excluding steroid dienone is 1. The van der Waals surface area contributed by atoms with E-state index in [1.54, 1.807) is 0 Å². The Kier molecular flexibility index (Phi) is 3.97. The van der Waals surface area contributed by atoms with Crippen LogP contribution in [-0.4, -0.2) is 0 Å². The molecule has 0 aliphatic heterocycles. The van der Waals surface area contributed by atoms with E-state index in [4.69, 9.17) is 0 Å². The number of rotatable bonds is 1. The van der Waals surface area contributed by atoms with E-state index < -0.39 is 0 Å². The van der Waals surface area contributed by atoms with Crippen LogP contribution in [0.25, 0.3) is 0 Å². The molecule has 0 spiro atoms. The van der Waals surface area contributed by atoms with Crippen LogP contribution in [0.1, 0.15) is 20.3 Å². The van der Waals surface area contributed by atoms with Crippen molar-refractivity contribution in [3.8, 4) is 0 Å². The van der Waals surface area contributed by atoms with Crippen molar-refractivity contribution in [2.45, 2.75) is 20.3 Å². The summed E-state index contributed by atoms with van der Waals surface area (Å²) in [5, 5.41) is 0.